The van der Waals surface area contributed by atoms with Gasteiger partial charge in [0.15, 0.2) is 0 Å². The van der Waals surface area contributed by atoms with Crippen molar-refractivity contribution in [2.24, 2.45) is 0 Å². The molecule has 0 bridgehead atoms. The minimum atomic E-state index is -0.176. The number of alkyl halides is 1. The van der Waals surface area contributed by atoms with Gasteiger partial charge >= 0.3 is 0 Å². The van der Waals surface area contributed by atoms with E-state index in [1.807, 2.05) is 12.1 Å². The summed E-state index contributed by atoms with van der Waals surface area (Å²) in [7, 11) is 0. The van der Waals surface area contributed by atoms with E-state index in [9.17, 15) is 4.39 Å². The van der Waals surface area contributed by atoms with Gasteiger partial charge in [-0.15, -0.1) is 0 Å². The van der Waals surface area contributed by atoms with Gasteiger partial charge in [-0.2, -0.15) is 0 Å². The zero-order valence-corrected chi connectivity index (χ0v) is 9.34. The number of rotatable bonds is 2. The first-order valence-corrected chi connectivity index (χ1v) is 5.85. The van der Waals surface area contributed by atoms with Crippen LogP contribution in [0.2, 0.25) is 0 Å². The Balaban J connectivity index is 2.06. The molecule has 1 nitrogen and oxygen atoms in total. The average Bonchev–Trinajstić information content (AvgIpc) is 2.67. The van der Waals surface area contributed by atoms with Crippen LogP contribution < -0.4 is 0 Å². The zero-order chi connectivity index (χ0) is 9.97. The molecule has 0 aliphatic carbocycles. The molecule has 1 aromatic carbocycles. The van der Waals surface area contributed by atoms with Crippen LogP contribution in [0, 0.1) is 5.82 Å². The summed E-state index contributed by atoms with van der Waals surface area (Å²) in [5.74, 6) is 0.253. The molecular formula is C11H12BrFO. The topological polar surface area (TPSA) is 9.23 Å². The third kappa shape index (κ3) is 2.15. The summed E-state index contributed by atoms with van der Waals surface area (Å²) in [5.41, 5.74) is 1.18. The Kier molecular flexibility index (Phi) is 3.19. The molecule has 1 aliphatic rings. The summed E-state index contributed by atoms with van der Waals surface area (Å²) in [6, 6.07) is 6.72. The van der Waals surface area contributed by atoms with Crippen molar-refractivity contribution in [2.75, 3.05) is 11.9 Å². The highest BCUT2D eigenvalue weighted by atomic mass is 79.9. The van der Waals surface area contributed by atoms with Crippen LogP contribution >= 0.6 is 15.9 Å². The van der Waals surface area contributed by atoms with Crippen molar-refractivity contribution in [3.8, 4) is 0 Å². The highest BCUT2D eigenvalue weighted by molar-refractivity contribution is 9.09. The second-order valence-corrected chi connectivity index (χ2v) is 4.24. The monoisotopic (exact) mass is 258 g/mol. The number of benzene rings is 1. The molecule has 2 unspecified atom stereocenters. The Morgan fingerprint density at radius 3 is 2.64 bits per heavy atom. The smallest absolute Gasteiger partial charge is 0.123 e. The second kappa shape index (κ2) is 4.41. The van der Waals surface area contributed by atoms with Crippen LogP contribution in [0.25, 0.3) is 0 Å². The van der Waals surface area contributed by atoms with E-state index in [4.69, 9.17) is 4.74 Å². The highest BCUT2D eigenvalue weighted by Gasteiger charge is 2.25. The first kappa shape index (κ1) is 10.1. The Labute approximate surface area is 91.4 Å². The summed E-state index contributed by atoms with van der Waals surface area (Å²) >= 11 is 3.40. The lowest BCUT2D eigenvalue weighted by molar-refractivity contribution is 0.127. The number of halogens is 2. The van der Waals surface area contributed by atoms with Gasteiger partial charge in [0.05, 0.1) is 12.7 Å². The molecule has 1 fully saturated rings. The van der Waals surface area contributed by atoms with Gasteiger partial charge in [-0.25, -0.2) is 4.39 Å². The Morgan fingerprint density at radius 2 is 2.07 bits per heavy atom. The highest BCUT2D eigenvalue weighted by Crippen LogP contribution is 2.30. The molecule has 1 heterocycles. The maximum Gasteiger partial charge on any atom is 0.123 e. The van der Waals surface area contributed by atoms with Gasteiger partial charge in [0, 0.05) is 11.2 Å². The van der Waals surface area contributed by atoms with Crippen molar-refractivity contribution in [3.05, 3.63) is 35.6 Å². The fraction of sp³-hybridized carbons (Fsp3) is 0.455. The van der Waals surface area contributed by atoms with E-state index in [1.54, 1.807) is 0 Å². The summed E-state index contributed by atoms with van der Waals surface area (Å²) < 4.78 is 18.2. The van der Waals surface area contributed by atoms with E-state index in [1.165, 1.54) is 17.7 Å². The third-order valence-corrected chi connectivity index (χ3v) is 3.32. The predicted molar refractivity (Wildman–Crippen MR) is 57.3 cm³/mol. The van der Waals surface area contributed by atoms with E-state index >= 15 is 0 Å². The van der Waals surface area contributed by atoms with Gasteiger partial charge in [-0.3, -0.25) is 0 Å². The van der Waals surface area contributed by atoms with Crippen LogP contribution in [0.5, 0.6) is 0 Å². The zero-order valence-electron chi connectivity index (χ0n) is 7.75. The molecule has 1 aromatic rings. The molecule has 3 heteroatoms. The van der Waals surface area contributed by atoms with Crippen LogP contribution in [0.1, 0.15) is 17.9 Å². The number of ether oxygens (including phenoxy) is 1. The summed E-state index contributed by atoms with van der Waals surface area (Å²) in [6.45, 7) is 0.752. The quantitative estimate of drug-likeness (QED) is 0.741. The van der Waals surface area contributed by atoms with E-state index in [0.29, 0.717) is 12.0 Å². The van der Waals surface area contributed by atoms with E-state index in [0.717, 1.165) is 18.4 Å². The molecule has 0 N–H and O–H groups in total. The fourth-order valence-corrected chi connectivity index (χ4v) is 2.23. The molecule has 0 radical (unpaired) electrons. The van der Waals surface area contributed by atoms with Gasteiger partial charge in [0.2, 0.25) is 0 Å². The van der Waals surface area contributed by atoms with Crippen molar-refractivity contribution in [1.82, 2.24) is 0 Å². The number of hydrogen-bond acceptors (Lipinski definition) is 1. The SMILES string of the molecule is Fc1ccc(C2COC(CBr)C2)cc1. The Morgan fingerprint density at radius 1 is 1.36 bits per heavy atom. The molecule has 1 saturated heterocycles. The Bertz CT molecular complexity index is 299. The van der Waals surface area contributed by atoms with Crippen molar-refractivity contribution in [2.45, 2.75) is 18.4 Å². The van der Waals surface area contributed by atoms with Crippen LogP contribution in [-0.2, 0) is 4.74 Å². The molecule has 0 spiro atoms. The largest absolute Gasteiger partial charge is 0.377 e. The standard InChI is InChI=1S/C11H12BrFO/c12-6-11-5-9(7-14-11)8-1-3-10(13)4-2-8/h1-4,9,11H,5-7H2. The lowest BCUT2D eigenvalue weighted by Gasteiger charge is -2.07. The van der Waals surface area contributed by atoms with Crippen molar-refractivity contribution < 1.29 is 9.13 Å². The molecule has 76 valence electrons. The van der Waals surface area contributed by atoms with Gasteiger partial charge < -0.3 is 4.74 Å². The lowest BCUT2D eigenvalue weighted by Crippen LogP contribution is -2.05. The molecule has 1 aliphatic heterocycles. The Hall–Kier alpha value is -0.410. The lowest BCUT2D eigenvalue weighted by atomic mass is 9.97. The van der Waals surface area contributed by atoms with Crippen molar-refractivity contribution in [1.29, 1.82) is 0 Å². The van der Waals surface area contributed by atoms with Crippen molar-refractivity contribution >= 4 is 15.9 Å². The van der Waals surface area contributed by atoms with E-state index in [-0.39, 0.29) is 5.82 Å². The molecule has 0 amide bonds. The maximum absolute atomic E-state index is 12.7. The average molecular weight is 259 g/mol. The minimum absolute atomic E-state index is 0.176. The third-order valence-electron chi connectivity index (χ3n) is 2.59. The molecular weight excluding hydrogens is 247 g/mol. The molecule has 2 rings (SSSR count). The molecule has 14 heavy (non-hydrogen) atoms. The van der Waals surface area contributed by atoms with E-state index in [2.05, 4.69) is 15.9 Å². The van der Waals surface area contributed by atoms with Gasteiger partial charge in [-0.05, 0) is 24.1 Å². The normalized spacial score (nSPS) is 26.7. The van der Waals surface area contributed by atoms with Gasteiger partial charge in [0.1, 0.15) is 5.82 Å². The summed E-state index contributed by atoms with van der Waals surface area (Å²) in [5, 5.41) is 0.880. The minimum Gasteiger partial charge on any atom is -0.377 e. The van der Waals surface area contributed by atoms with Crippen LogP contribution in [0.3, 0.4) is 0 Å². The molecule has 2 atom stereocenters. The van der Waals surface area contributed by atoms with E-state index < -0.39 is 0 Å². The maximum atomic E-state index is 12.7. The first-order valence-electron chi connectivity index (χ1n) is 4.72. The first-order chi connectivity index (χ1) is 6.79. The van der Waals surface area contributed by atoms with Crippen LogP contribution in [0.15, 0.2) is 24.3 Å². The predicted octanol–water partition coefficient (Wildman–Crippen LogP) is 3.09. The van der Waals surface area contributed by atoms with Crippen molar-refractivity contribution in [3.63, 3.8) is 0 Å². The second-order valence-electron chi connectivity index (χ2n) is 3.59. The molecule has 0 aromatic heterocycles. The van der Waals surface area contributed by atoms with Crippen LogP contribution in [-0.4, -0.2) is 18.0 Å². The van der Waals surface area contributed by atoms with Gasteiger partial charge in [-0.1, -0.05) is 28.1 Å². The number of hydrogen-bond donors (Lipinski definition) is 0. The summed E-state index contributed by atoms with van der Waals surface area (Å²) in [6.07, 6.45) is 1.33. The summed E-state index contributed by atoms with van der Waals surface area (Å²) in [4.78, 5) is 0. The van der Waals surface area contributed by atoms with Gasteiger partial charge in [0.25, 0.3) is 0 Å². The fourth-order valence-electron chi connectivity index (χ4n) is 1.78. The molecule has 0 saturated carbocycles. The van der Waals surface area contributed by atoms with Crippen LogP contribution in [0.4, 0.5) is 4.39 Å².